The molecule has 0 saturated heterocycles. The van der Waals surface area contributed by atoms with Crippen LogP contribution in [0.2, 0.25) is 6.55 Å². The van der Waals surface area contributed by atoms with E-state index in [4.69, 9.17) is 8.85 Å². The molecule has 18 heavy (non-hydrogen) atoms. The van der Waals surface area contributed by atoms with Gasteiger partial charge in [0.1, 0.15) is 0 Å². The molecule has 108 valence electrons. The van der Waals surface area contributed by atoms with E-state index in [0.29, 0.717) is 6.17 Å². The maximum Gasteiger partial charge on any atom is 0.359 e. The Morgan fingerprint density at radius 2 is 1.50 bits per heavy atom. The molecular formula is C12H30N2O2Si2. The summed E-state index contributed by atoms with van der Waals surface area (Å²) in [4.78, 5) is 5.77. The first-order chi connectivity index (χ1) is 8.28. The topological polar surface area (TPSA) is 24.9 Å². The minimum Gasteiger partial charge on any atom is -0.392 e. The molecule has 0 aromatic rings. The molecule has 4 nitrogen and oxygen atoms in total. The fraction of sp³-hybridized carbons (Fsp3) is 0.833. The second-order valence-corrected chi connectivity index (χ2v) is 10.3. The number of rotatable bonds is 8. The summed E-state index contributed by atoms with van der Waals surface area (Å²) in [7, 11) is 7.22. The standard InChI is InChI=1S/C12H30N2O2Si2/c1-8-15-18(7,16-9-2)12(17)10-11(13(3)4)14(5)6/h10-11H,8-9H2,1-7,17H3. The van der Waals surface area contributed by atoms with E-state index in [0.717, 1.165) is 23.5 Å². The lowest BCUT2D eigenvalue weighted by molar-refractivity contribution is 0.171. The molecule has 0 atom stereocenters. The van der Waals surface area contributed by atoms with Crippen molar-refractivity contribution in [2.24, 2.45) is 0 Å². The molecule has 0 aliphatic carbocycles. The maximum absolute atomic E-state index is 5.94. The third-order valence-electron chi connectivity index (χ3n) is 3.01. The van der Waals surface area contributed by atoms with E-state index in [1.54, 1.807) is 0 Å². The van der Waals surface area contributed by atoms with Gasteiger partial charge in [-0.25, -0.2) is 0 Å². The van der Waals surface area contributed by atoms with E-state index >= 15 is 0 Å². The van der Waals surface area contributed by atoms with Gasteiger partial charge in [0.25, 0.3) is 0 Å². The van der Waals surface area contributed by atoms with Crippen LogP contribution in [0.15, 0.2) is 10.9 Å². The van der Waals surface area contributed by atoms with Crippen molar-refractivity contribution in [2.75, 3.05) is 41.4 Å². The normalized spacial score (nSPS) is 14.2. The Kier molecular flexibility index (Phi) is 8.24. The molecule has 0 aliphatic heterocycles. The van der Waals surface area contributed by atoms with E-state index in [9.17, 15) is 0 Å². The molecule has 6 heteroatoms. The van der Waals surface area contributed by atoms with Crippen molar-refractivity contribution in [3.05, 3.63) is 10.9 Å². The third-order valence-corrected chi connectivity index (χ3v) is 9.35. The van der Waals surface area contributed by atoms with Gasteiger partial charge >= 0.3 is 8.56 Å². The predicted octanol–water partition coefficient (Wildman–Crippen LogP) is 0.369. The lowest BCUT2D eigenvalue weighted by Crippen LogP contribution is -2.45. The van der Waals surface area contributed by atoms with Crippen LogP contribution in [0.5, 0.6) is 0 Å². The summed E-state index contributed by atoms with van der Waals surface area (Å²) in [5.41, 5.74) is 0. The number of likely N-dealkylation sites (N-methyl/N-ethyl adjacent to an activating group) is 2. The highest BCUT2D eigenvalue weighted by Crippen LogP contribution is 2.17. The Bertz CT molecular complexity index is 257. The largest absolute Gasteiger partial charge is 0.392 e. The molecule has 0 bridgehead atoms. The third kappa shape index (κ3) is 5.33. The summed E-state index contributed by atoms with van der Waals surface area (Å²) >= 11 is 0. The van der Waals surface area contributed by atoms with Crippen molar-refractivity contribution in [2.45, 2.75) is 26.6 Å². The average Bonchev–Trinajstić information content (AvgIpc) is 2.25. The van der Waals surface area contributed by atoms with Gasteiger partial charge in [-0.05, 0) is 48.6 Å². The Labute approximate surface area is 117 Å². The Balaban J connectivity index is 5.09. The number of hydrogen-bond donors (Lipinski definition) is 0. The summed E-state index contributed by atoms with van der Waals surface area (Å²) in [6.07, 6.45) is 2.61. The van der Waals surface area contributed by atoms with Crippen LogP contribution in [0.1, 0.15) is 13.8 Å². The van der Waals surface area contributed by atoms with Gasteiger partial charge in [-0.15, -0.1) is 0 Å². The molecule has 0 N–H and O–H groups in total. The second kappa shape index (κ2) is 8.24. The lowest BCUT2D eigenvalue weighted by atomic mass is 10.4. The molecule has 0 aromatic heterocycles. The minimum atomic E-state index is -2.14. The maximum atomic E-state index is 5.94. The van der Waals surface area contributed by atoms with Crippen LogP contribution in [0, 0.1) is 0 Å². The van der Waals surface area contributed by atoms with Crippen molar-refractivity contribution < 1.29 is 8.85 Å². The van der Waals surface area contributed by atoms with Gasteiger partial charge in [-0.1, -0.05) is 10.9 Å². The minimum absolute atomic E-state index is 0.297. The van der Waals surface area contributed by atoms with Gasteiger partial charge in [0, 0.05) is 23.5 Å². The highest BCUT2D eigenvalue weighted by Gasteiger charge is 2.33. The van der Waals surface area contributed by atoms with Gasteiger partial charge < -0.3 is 8.85 Å². The zero-order valence-electron chi connectivity index (χ0n) is 13.3. The average molecular weight is 291 g/mol. The molecule has 0 radical (unpaired) electrons. The molecule has 0 fully saturated rings. The molecule has 0 aliphatic rings. The summed E-state index contributed by atoms with van der Waals surface area (Å²) in [5, 5.41) is 0. The van der Waals surface area contributed by atoms with Crippen LogP contribution < -0.4 is 0 Å². The van der Waals surface area contributed by atoms with Crippen LogP contribution in [-0.4, -0.2) is 76.2 Å². The smallest absolute Gasteiger partial charge is 0.359 e. The Hall–Kier alpha value is 0.0138. The van der Waals surface area contributed by atoms with Gasteiger partial charge in [0.15, 0.2) is 0 Å². The molecule has 0 unspecified atom stereocenters. The zero-order chi connectivity index (χ0) is 14.3. The first kappa shape index (κ1) is 18.0. The fourth-order valence-corrected chi connectivity index (χ4v) is 5.21. The van der Waals surface area contributed by atoms with Crippen molar-refractivity contribution in [1.29, 1.82) is 0 Å². The Morgan fingerprint density at radius 1 is 1.11 bits per heavy atom. The predicted molar refractivity (Wildman–Crippen MR) is 84.1 cm³/mol. The van der Waals surface area contributed by atoms with Crippen LogP contribution >= 0.6 is 0 Å². The fourth-order valence-electron chi connectivity index (χ4n) is 1.96. The van der Waals surface area contributed by atoms with Gasteiger partial charge in [-0.3, -0.25) is 9.80 Å². The highest BCUT2D eigenvalue weighted by molar-refractivity contribution is 6.82. The second-order valence-electron chi connectivity index (χ2n) is 5.00. The molecule has 0 spiro atoms. The van der Waals surface area contributed by atoms with Gasteiger partial charge in [0.05, 0.1) is 6.17 Å². The summed E-state index contributed by atoms with van der Waals surface area (Å²) in [6.45, 7) is 7.66. The summed E-state index contributed by atoms with van der Waals surface area (Å²) in [6, 6.07) is 0. The molecule has 0 aromatic carbocycles. The van der Waals surface area contributed by atoms with Crippen molar-refractivity contribution >= 4 is 18.8 Å². The van der Waals surface area contributed by atoms with Crippen molar-refractivity contribution in [1.82, 2.24) is 9.80 Å². The quantitative estimate of drug-likeness (QED) is 0.476. The molecule has 0 saturated carbocycles. The van der Waals surface area contributed by atoms with Crippen molar-refractivity contribution in [3.8, 4) is 0 Å². The number of hydrogen-bond acceptors (Lipinski definition) is 4. The van der Waals surface area contributed by atoms with E-state index in [1.165, 1.54) is 4.82 Å². The van der Waals surface area contributed by atoms with E-state index in [1.807, 2.05) is 13.8 Å². The van der Waals surface area contributed by atoms with Crippen LogP contribution in [0.25, 0.3) is 0 Å². The van der Waals surface area contributed by atoms with E-state index in [-0.39, 0.29) is 0 Å². The first-order valence-electron chi connectivity index (χ1n) is 6.58. The highest BCUT2D eigenvalue weighted by atomic mass is 28.4. The van der Waals surface area contributed by atoms with Gasteiger partial charge in [-0.2, -0.15) is 0 Å². The van der Waals surface area contributed by atoms with Crippen molar-refractivity contribution in [3.63, 3.8) is 0 Å². The van der Waals surface area contributed by atoms with Gasteiger partial charge in [0.2, 0.25) is 0 Å². The molecular weight excluding hydrogens is 260 g/mol. The summed E-state index contributed by atoms with van der Waals surface area (Å²) in [5.74, 6) is 0. The monoisotopic (exact) mass is 290 g/mol. The SMILES string of the molecule is CCO[Si](C)(OCC)C([SiH3])=CC(N(C)C)N(C)C. The van der Waals surface area contributed by atoms with Crippen LogP contribution in [0.4, 0.5) is 0 Å². The molecule has 0 heterocycles. The Morgan fingerprint density at radius 3 is 1.78 bits per heavy atom. The zero-order valence-corrected chi connectivity index (χ0v) is 16.3. The molecule has 0 amide bonds. The number of nitrogens with zero attached hydrogens (tertiary/aromatic N) is 2. The summed E-state index contributed by atoms with van der Waals surface area (Å²) < 4.78 is 11.9. The van der Waals surface area contributed by atoms with E-state index in [2.05, 4.69) is 50.6 Å². The first-order valence-corrected chi connectivity index (χ1v) is 9.89. The van der Waals surface area contributed by atoms with E-state index < -0.39 is 8.56 Å². The van der Waals surface area contributed by atoms with Crippen LogP contribution in [0.3, 0.4) is 0 Å². The van der Waals surface area contributed by atoms with Crippen LogP contribution in [-0.2, 0) is 8.85 Å². The molecule has 0 rings (SSSR count). The lowest BCUT2D eigenvalue weighted by Gasteiger charge is -2.32.